The Labute approximate surface area is 116 Å². The highest BCUT2D eigenvalue weighted by molar-refractivity contribution is 5.96. The zero-order chi connectivity index (χ0) is 13.9. The molecule has 0 saturated heterocycles. The largest absolute Gasteiger partial charge is 0.477 e. The predicted molar refractivity (Wildman–Crippen MR) is 78.6 cm³/mol. The van der Waals surface area contributed by atoms with Crippen LogP contribution in [0.3, 0.4) is 0 Å². The Morgan fingerprint density at radius 1 is 0.850 bits per heavy atom. The number of benzene rings is 2. The van der Waals surface area contributed by atoms with Crippen LogP contribution in [0.5, 0.6) is 0 Å². The number of carboxylic acid groups (broad SMARTS) is 1. The van der Waals surface area contributed by atoms with Gasteiger partial charge in [0.2, 0.25) is 0 Å². The van der Waals surface area contributed by atoms with Crippen LogP contribution in [0.4, 0.5) is 0 Å². The summed E-state index contributed by atoms with van der Waals surface area (Å²) >= 11 is 0. The summed E-state index contributed by atoms with van der Waals surface area (Å²) in [4.78, 5) is 14.4. The zero-order valence-electron chi connectivity index (χ0n) is 10.7. The lowest BCUT2D eigenvalue weighted by Crippen LogP contribution is -1.98. The van der Waals surface area contributed by atoms with E-state index in [1.165, 1.54) is 0 Å². The highest BCUT2D eigenvalue weighted by atomic mass is 16.4. The van der Waals surface area contributed by atoms with Gasteiger partial charge in [-0.25, -0.2) is 4.79 Å². The first-order valence-corrected chi connectivity index (χ1v) is 6.33. The standard InChI is InChI=1S/C17H13NO2/c19-17(20)16-14(12-7-3-1-4-8-12)11-15(18-16)13-9-5-2-6-10-13/h1-11,18H,(H,19,20). The first-order valence-electron chi connectivity index (χ1n) is 6.33. The number of nitrogens with one attached hydrogen (secondary N) is 1. The fourth-order valence-corrected chi connectivity index (χ4v) is 2.24. The lowest BCUT2D eigenvalue weighted by molar-refractivity contribution is 0.0692. The average Bonchev–Trinajstić information content (AvgIpc) is 2.94. The molecule has 0 unspecified atom stereocenters. The minimum atomic E-state index is -0.953. The van der Waals surface area contributed by atoms with Crippen molar-refractivity contribution in [2.24, 2.45) is 0 Å². The van der Waals surface area contributed by atoms with Gasteiger partial charge in [0, 0.05) is 11.3 Å². The van der Waals surface area contributed by atoms with Crippen LogP contribution in [-0.2, 0) is 0 Å². The van der Waals surface area contributed by atoms with Crippen molar-refractivity contribution in [3.05, 3.63) is 72.4 Å². The summed E-state index contributed by atoms with van der Waals surface area (Å²) in [5.41, 5.74) is 3.59. The summed E-state index contributed by atoms with van der Waals surface area (Å²) in [6.45, 7) is 0. The number of rotatable bonds is 3. The molecule has 2 aromatic carbocycles. The second kappa shape index (κ2) is 5.05. The molecule has 20 heavy (non-hydrogen) atoms. The Hall–Kier alpha value is -2.81. The molecule has 0 amide bonds. The molecule has 0 bridgehead atoms. The van der Waals surface area contributed by atoms with Crippen LogP contribution >= 0.6 is 0 Å². The Morgan fingerprint density at radius 2 is 1.40 bits per heavy atom. The summed E-state index contributed by atoms with van der Waals surface area (Å²) in [6, 6.07) is 21.1. The summed E-state index contributed by atoms with van der Waals surface area (Å²) < 4.78 is 0. The molecular formula is C17H13NO2. The van der Waals surface area contributed by atoms with Crippen molar-refractivity contribution < 1.29 is 9.90 Å². The molecule has 0 aliphatic rings. The van der Waals surface area contributed by atoms with Gasteiger partial charge in [0.25, 0.3) is 0 Å². The highest BCUT2D eigenvalue weighted by Gasteiger charge is 2.16. The van der Waals surface area contributed by atoms with Gasteiger partial charge in [-0.3, -0.25) is 0 Å². The Balaban J connectivity index is 2.15. The predicted octanol–water partition coefficient (Wildman–Crippen LogP) is 4.05. The monoisotopic (exact) mass is 263 g/mol. The molecule has 3 nitrogen and oxygen atoms in total. The first kappa shape index (κ1) is 12.2. The molecule has 0 fully saturated rings. The van der Waals surface area contributed by atoms with E-state index in [2.05, 4.69) is 4.98 Å². The van der Waals surface area contributed by atoms with Crippen LogP contribution in [0.25, 0.3) is 22.4 Å². The lowest BCUT2D eigenvalue weighted by Gasteiger charge is -1.99. The molecular weight excluding hydrogens is 250 g/mol. The molecule has 0 radical (unpaired) electrons. The number of hydrogen-bond acceptors (Lipinski definition) is 1. The molecule has 0 atom stereocenters. The highest BCUT2D eigenvalue weighted by Crippen LogP contribution is 2.29. The third kappa shape index (κ3) is 2.21. The van der Waals surface area contributed by atoms with Crippen molar-refractivity contribution >= 4 is 5.97 Å². The van der Waals surface area contributed by atoms with E-state index in [-0.39, 0.29) is 5.69 Å². The normalized spacial score (nSPS) is 10.4. The molecule has 1 heterocycles. The maximum atomic E-state index is 11.4. The van der Waals surface area contributed by atoms with E-state index in [1.54, 1.807) is 0 Å². The van der Waals surface area contributed by atoms with Crippen LogP contribution in [0.15, 0.2) is 66.7 Å². The maximum Gasteiger partial charge on any atom is 0.352 e. The molecule has 98 valence electrons. The van der Waals surface area contributed by atoms with E-state index >= 15 is 0 Å². The number of aromatic amines is 1. The van der Waals surface area contributed by atoms with Crippen LogP contribution < -0.4 is 0 Å². The smallest absolute Gasteiger partial charge is 0.352 e. The van der Waals surface area contributed by atoms with Crippen molar-refractivity contribution in [1.82, 2.24) is 4.98 Å². The van der Waals surface area contributed by atoms with Gasteiger partial charge in [0.15, 0.2) is 0 Å². The number of carboxylic acids is 1. The van der Waals surface area contributed by atoms with E-state index in [1.807, 2.05) is 66.7 Å². The molecule has 3 rings (SSSR count). The van der Waals surface area contributed by atoms with Crippen LogP contribution in [0.2, 0.25) is 0 Å². The fraction of sp³-hybridized carbons (Fsp3) is 0. The van der Waals surface area contributed by atoms with Crippen molar-refractivity contribution in [1.29, 1.82) is 0 Å². The fourth-order valence-electron chi connectivity index (χ4n) is 2.24. The SMILES string of the molecule is O=C(O)c1[nH]c(-c2ccccc2)cc1-c1ccccc1. The molecule has 0 aliphatic carbocycles. The third-order valence-electron chi connectivity index (χ3n) is 3.20. The molecule has 3 aromatic rings. The summed E-state index contributed by atoms with van der Waals surface area (Å²) in [6.07, 6.45) is 0. The van der Waals surface area contributed by atoms with Gasteiger partial charge in [-0.1, -0.05) is 60.7 Å². The van der Waals surface area contributed by atoms with E-state index < -0.39 is 5.97 Å². The Kier molecular flexibility index (Phi) is 3.09. The number of H-pyrrole nitrogens is 1. The Bertz CT molecular complexity index is 730. The van der Waals surface area contributed by atoms with E-state index in [4.69, 9.17) is 0 Å². The number of aromatic nitrogens is 1. The molecule has 3 heteroatoms. The molecule has 2 N–H and O–H groups in total. The quantitative estimate of drug-likeness (QED) is 0.749. The number of carbonyl (C=O) groups is 1. The van der Waals surface area contributed by atoms with Crippen LogP contribution in [0.1, 0.15) is 10.5 Å². The third-order valence-corrected chi connectivity index (χ3v) is 3.20. The van der Waals surface area contributed by atoms with Gasteiger partial charge >= 0.3 is 5.97 Å². The van der Waals surface area contributed by atoms with Gasteiger partial charge in [-0.05, 0) is 17.2 Å². The summed E-state index contributed by atoms with van der Waals surface area (Å²) in [7, 11) is 0. The van der Waals surface area contributed by atoms with Crippen molar-refractivity contribution in [3.63, 3.8) is 0 Å². The second-order valence-electron chi connectivity index (χ2n) is 4.51. The lowest BCUT2D eigenvalue weighted by atomic mass is 10.0. The van der Waals surface area contributed by atoms with E-state index in [0.717, 1.165) is 16.8 Å². The first-order chi connectivity index (χ1) is 9.75. The number of aromatic carboxylic acids is 1. The van der Waals surface area contributed by atoms with Gasteiger partial charge in [0.05, 0.1) is 0 Å². The average molecular weight is 263 g/mol. The molecule has 0 saturated carbocycles. The zero-order valence-corrected chi connectivity index (χ0v) is 10.7. The topological polar surface area (TPSA) is 53.1 Å². The summed E-state index contributed by atoms with van der Waals surface area (Å²) in [5, 5.41) is 9.36. The van der Waals surface area contributed by atoms with Crippen LogP contribution in [0, 0.1) is 0 Å². The van der Waals surface area contributed by atoms with E-state index in [0.29, 0.717) is 5.56 Å². The Morgan fingerprint density at radius 3 is 1.95 bits per heavy atom. The molecule has 0 aliphatic heterocycles. The minimum Gasteiger partial charge on any atom is -0.477 e. The van der Waals surface area contributed by atoms with Gasteiger partial charge < -0.3 is 10.1 Å². The number of hydrogen-bond donors (Lipinski definition) is 2. The van der Waals surface area contributed by atoms with Crippen LogP contribution in [-0.4, -0.2) is 16.1 Å². The van der Waals surface area contributed by atoms with Gasteiger partial charge in [-0.15, -0.1) is 0 Å². The maximum absolute atomic E-state index is 11.4. The van der Waals surface area contributed by atoms with E-state index in [9.17, 15) is 9.90 Å². The summed E-state index contributed by atoms with van der Waals surface area (Å²) in [5.74, 6) is -0.953. The minimum absolute atomic E-state index is 0.218. The molecule has 1 aromatic heterocycles. The van der Waals surface area contributed by atoms with Crippen molar-refractivity contribution in [3.8, 4) is 22.4 Å². The van der Waals surface area contributed by atoms with Gasteiger partial charge in [-0.2, -0.15) is 0 Å². The van der Waals surface area contributed by atoms with Crippen molar-refractivity contribution in [2.45, 2.75) is 0 Å². The molecule has 0 spiro atoms. The second-order valence-corrected chi connectivity index (χ2v) is 4.51. The van der Waals surface area contributed by atoms with Crippen molar-refractivity contribution in [2.75, 3.05) is 0 Å². The van der Waals surface area contributed by atoms with Gasteiger partial charge in [0.1, 0.15) is 5.69 Å².